The molecule has 5 heteroatoms. The van der Waals surface area contributed by atoms with Crippen LogP contribution < -0.4 is 11.1 Å². The smallest absolute Gasteiger partial charge is 0.188 e. The van der Waals surface area contributed by atoms with Gasteiger partial charge in [0.15, 0.2) is 5.96 Å². The van der Waals surface area contributed by atoms with Crippen LogP contribution in [0.25, 0.3) is 0 Å². The summed E-state index contributed by atoms with van der Waals surface area (Å²) >= 11 is 6.25. The minimum atomic E-state index is 0.592. The predicted octanol–water partition coefficient (Wildman–Crippen LogP) is 3.50. The molecule has 1 saturated heterocycles. The van der Waals surface area contributed by atoms with Crippen LogP contribution in [-0.2, 0) is 6.54 Å². The molecule has 134 valence electrons. The van der Waals surface area contributed by atoms with Gasteiger partial charge in [-0.05, 0) is 55.8 Å². The topological polar surface area (TPSA) is 53.6 Å². The number of piperidine rings is 1. The Morgan fingerprint density at radius 3 is 2.71 bits per heavy atom. The fraction of sp³-hybridized carbons (Fsp3) is 0.632. The van der Waals surface area contributed by atoms with Gasteiger partial charge in [0.05, 0.1) is 0 Å². The van der Waals surface area contributed by atoms with Gasteiger partial charge >= 0.3 is 0 Å². The zero-order valence-corrected chi connectivity index (χ0v) is 15.7. The maximum absolute atomic E-state index is 6.25. The minimum Gasteiger partial charge on any atom is -0.370 e. The van der Waals surface area contributed by atoms with Gasteiger partial charge in [-0.1, -0.05) is 43.6 Å². The van der Waals surface area contributed by atoms with Crippen molar-refractivity contribution in [2.75, 3.05) is 26.2 Å². The SMILES string of the molecule is CC(C)CCNC(N)=NCC1CCN(Cc2ccccc2Cl)CC1. The van der Waals surface area contributed by atoms with Gasteiger partial charge in [0.25, 0.3) is 0 Å². The number of nitrogens with zero attached hydrogens (tertiary/aromatic N) is 2. The van der Waals surface area contributed by atoms with E-state index in [-0.39, 0.29) is 0 Å². The van der Waals surface area contributed by atoms with Crippen LogP contribution in [-0.4, -0.2) is 37.0 Å². The zero-order valence-electron chi connectivity index (χ0n) is 15.0. The number of benzene rings is 1. The lowest BCUT2D eigenvalue weighted by Crippen LogP contribution is -2.36. The molecule has 4 nitrogen and oxygen atoms in total. The molecular weight excluding hydrogens is 320 g/mol. The first-order valence-corrected chi connectivity index (χ1v) is 9.42. The van der Waals surface area contributed by atoms with Crippen LogP contribution >= 0.6 is 11.6 Å². The van der Waals surface area contributed by atoms with Crippen molar-refractivity contribution >= 4 is 17.6 Å². The average molecular weight is 351 g/mol. The monoisotopic (exact) mass is 350 g/mol. The van der Waals surface area contributed by atoms with Crippen molar-refractivity contribution < 1.29 is 0 Å². The molecule has 0 aliphatic carbocycles. The number of nitrogens with one attached hydrogen (secondary N) is 1. The second-order valence-electron chi connectivity index (χ2n) is 7.15. The third-order valence-electron chi connectivity index (χ3n) is 4.61. The molecule has 1 aromatic carbocycles. The van der Waals surface area contributed by atoms with Gasteiger partial charge in [0.2, 0.25) is 0 Å². The third-order valence-corrected chi connectivity index (χ3v) is 4.98. The van der Waals surface area contributed by atoms with Gasteiger partial charge < -0.3 is 11.1 Å². The molecule has 0 amide bonds. The molecule has 1 heterocycles. The molecule has 2 rings (SSSR count). The summed E-state index contributed by atoms with van der Waals surface area (Å²) in [5, 5.41) is 4.07. The Balaban J connectivity index is 1.68. The summed E-state index contributed by atoms with van der Waals surface area (Å²) in [5.41, 5.74) is 7.15. The Kier molecular flexibility index (Phi) is 7.86. The summed E-state index contributed by atoms with van der Waals surface area (Å²) in [4.78, 5) is 6.99. The van der Waals surface area contributed by atoms with E-state index in [1.54, 1.807) is 0 Å². The molecule has 0 radical (unpaired) electrons. The van der Waals surface area contributed by atoms with E-state index in [4.69, 9.17) is 17.3 Å². The Bertz CT molecular complexity index is 522. The van der Waals surface area contributed by atoms with Crippen LogP contribution in [0.1, 0.15) is 38.7 Å². The van der Waals surface area contributed by atoms with Gasteiger partial charge in [-0.15, -0.1) is 0 Å². The Morgan fingerprint density at radius 2 is 2.04 bits per heavy atom. The number of guanidine groups is 1. The van der Waals surface area contributed by atoms with E-state index in [2.05, 4.69) is 41.2 Å². The lowest BCUT2D eigenvalue weighted by Gasteiger charge is -2.31. The predicted molar refractivity (Wildman–Crippen MR) is 103 cm³/mol. The van der Waals surface area contributed by atoms with E-state index < -0.39 is 0 Å². The van der Waals surface area contributed by atoms with Crippen LogP contribution in [0.4, 0.5) is 0 Å². The lowest BCUT2D eigenvalue weighted by atomic mass is 9.96. The summed E-state index contributed by atoms with van der Waals surface area (Å²) in [6.45, 7) is 9.31. The van der Waals surface area contributed by atoms with Crippen LogP contribution in [0.2, 0.25) is 5.02 Å². The van der Waals surface area contributed by atoms with Crippen molar-refractivity contribution in [1.29, 1.82) is 0 Å². The first-order valence-electron chi connectivity index (χ1n) is 9.04. The molecule has 0 bridgehead atoms. The Morgan fingerprint density at radius 1 is 1.33 bits per heavy atom. The van der Waals surface area contributed by atoms with Crippen molar-refractivity contribution in [1.82, 2.24) is 10.2 Å². The van der Waals surface area contributed by atoms with Crippen LogP contribution in [0.5, 0.6) is 0 Å². The quantitative estimate of drug-likeness (QED) is 0.584. The fourth-order valence-corrected chi connectivity index (χ4v) is 3.16. The summed E-state index contributed by atoms with van der Waals surface area (Å²) in [6, 6.07) is 8.11. The molecule has 3 N–H and O–H groups in total. The highest BCUT2D eigenvalue weighted by molar-refractivity contribution is 6.31. The van der Waals surface area contributed by atoms with E-state index in [0.29, 0.717) is 17.8 Å². The number of hydrogen-bond acceptors (Lipinski definition) is 2. The van der Waals surface area contributed by atoms with Crippen molar-refractivity contribution in [3.05, 3.63) is 34.9 Å². The first-order chi connectivity index (χ1) is 11.5. The van der Waals surface area contributed by atoms with Crippen molar-refractivity contribution in [2.24, 2.45) is 22.6 Å². The summed E-state index contributed by atoms with van der Waals surface area (Å²) < 4.78 is 0. The summed E-state index contributed by atoms with van der Waals surface area (Å²) in [6.07, 6.45) is 3.47. The van der Waals surface area contributed by atoms with Crippen LogP contribution in [0.15, 0.2) is 29.3 Å². The van der Waals surface area contributed by atoms with E-state index in [1.807, 2.05) is 12.1 Å². The standard InChI is InChI=1S/C19H31ClN4/c1-15(2)7-10-22-19(21)23-13-16-8-11-24(12-9-16)14-17-5-3-4-6-18(17)20/h3-6,15-16H,7-14H2,1-2H3,(H3,21,22,23). The molecule has 1 aliphatic rings. The minimum absolute atomic E-state index is 0.592. The van der Waals surface area contributed by atoms with E-state index in [0.717, 1.165) is 44.2 Å². The molecule has 0 aromatic heterocycles. The average Bonchev–Trinajstić information content (AvgIpc) is 2.56. The number of likely N-dealkylation sites (tertiary alicyclic amines) is 1. The molecule has 0 atom stereocenters. The van der Waals surface area contributed by atoms with Crippen LogP contribution in [0, 0.1) is 11.8 Å². The Labute approximate surface area is 151 Å². The van der Waals surface area contributed by atoms with Crippen LogP contribution in [0.3, 0.4) is 0 Å². The highest BCUT2D eigenvalue weighted by Crippen LogP contribution is 2.22. The number of rotatable bonds is 7. The van der Waals surface area contributed by atoms with Gasteiger partial charge in [0.1, 0.15) is 0 Å². The normalized spacial score (nSPS) is 17.4. The zero-order chi connectivity index (χ0) is 17.4. The van der Waals surface area contributed by atoms with Gasteiger partial charge in [0, 0.05) is 24.7 Å². The van der Waals surface area contributed by atoms with E-state index in [1.165, 1.54) is 18.4 Å². The fourth-order valence-electron chi connectivity index (χ4n) is 2.97. The van der Waals surface area contributed by atoms with Crippen molar-refractivity contribution in [3.63, 3.8) is 0 Å². The summed E-state index contributed by atoms with van der Waals surface area (Å²) in [5.74, 6) is 1.92. The lowest BCUT2D eigenvalue weighted by molar-refractivity contribution is 0.180. The van der Waals surface area contributed by atoms with Gasteiger partial charge in [-0.25, -0.2) is 0 Å². The molecular formula is C19H31ClN4. The van der Waals surface area contributed by atoms with Gasteiger partial charge in [-0.3, -0.25) is 9.89 Å². The first kappa shape index (κ1) is 19.1. The second-order valence-corrected chi connectivity index (χ2v) is 7.55. The second kappa shape index (κ2) is 9.90. The summed E-state index contributed by atoms with van der Waals surface area (Å²) in [7, 11) is 0. The van der Waals surface area contributed by atoms with Gasteiger partial charge in [-0.2, -0.15) is 0 Å². The molecule has 1 aromatic rings. The van der Waals surface area contributed by atoms with Crippen molar-refractivity contribution in [3.8, 4) is 0 Å². The largest absolute Gasteiger partial charge is 0.370 e. The maximum atomic E-state index is 6.25. The molecule has 1 aliphatic heterocycles. The third kappa shape index (κ3) is 6.70. The number of aliphatic imine (C=N–C) groups is 1. The Hall–Kier alpha value is -1.26. The molecule has 0 saturated carbocycles. The number of nitrogens with two attached hydrogens (primary N) is 1. The van der Waals surface area contributed by atoms with Crippen molar-refractivity contribution in [2.45, 2.75) is 39.7 Å². The highest BCUT2D eigenvalue weighted by atomic mass is 35.5. The molecule has 0 spiro atoms. The number of hydrogen-bond donors (Lipinski definition) is 2. The van der Waals surface area contributed by atoms with E-state index >= 15 is 0 Å². The molecule has 24 heavy (non-hydrogen) atoms. The number of halogens is 1. The maximum Gasteiger partial charge on any atom is 0.188 e. The molecule has 0 unspecified atom stereocenters. The van der Waals surface area contributed by atoms with E-state index in [9.17, 15) is 0 Å². The highest BCUT2D eigenvalue weighted by Gasteiger charge is 2.19. The molecule has 1 fully saturated rings.